The third-order valence-electron chi connectivity index (χ3n) is 3.95. The molecule has 3 aromatic rings. The first-order chi connectivity index (χ1) is 11.2. The van der Waals surface area contributed by atoms with Crippen LogP contribution in [-0.4, -0.2) is 24.0 Å². The van der Waals surface area contributed by atoms with E-state index in [1.807, 2.05) is 49.5 Å². The fourth-order valence-electron chi connectivity index (χ4n) is 2.67. The van der Waals surface area contributed by atoms with Gasteiger partial charge in [0.1, 0.15) is 0 Å². The van der Waals surface area contributed by atoms with Crippen molar-refractivity contribution in [3.63, 3.8) is 0 Å². The predicted octanol–water partition coefficient (Wildman–Crippen LogP) is 3.25. The van der Waals surface area contributed by atoms with Gasteiger partial charge in [0.25, 0.3) is 0 Å². The Morgan fingerprint density at radius 3 is 2.74 bits per heavy atom. The highest BCUT2D eigenvalue weighted by Gasteiger charge is 2.05. The average Bonchev–Trinajstić information content (AvgIpc) is 2.97. The minimum atomic E-state index is -0.0155. The molecular formula is C19H21N3O. The lowest BCUT2D eigenvalue weighted by molar-refractivity contribution is -0.115. The number of benzene rings is 2. The summed E-state index contributed by atoms with van der Waals surface area (Å²) in [4.78, 5) is 15.2. The molecule has 0 atom stereocenters. The van der Waals surface area contributed by atoms with Crippen LogP contribution in [0.2, 0.25) is 0 Å². The molecule has 0 saturated heterocycles. The topological polar surface area (TPSA) is 56.9 Å². The van der Waals surface area contributed by atoms with E-state index in [2.05, 4.69) is 27.8 Å². The zero-order chi connectivity index (χ0) is 16.1. The number of hydrogen-bond acceptors (Lipinski definition) is 2. The van der Waals surface area contributed by atoms with Gasteiger partial charge in [-0.05, 0) is 43.1 Å². The van der Waals surface area contributed by atoms with E-state index >= 15 is 0 Å². The minimum absolute atomic E-state index is 0.0155. The van der Waals surface area contributed by atoms with Crippen LogP contribution in [0, 0.1) is 6.92 Å². The van der Waals surface area contributed by atoms with Crippen LogP contribution in [-0.2, 0) is 11.2 Å². The molecule has 3 rings (SSSR count). The van der Waals surface area contributed by atoms with E-state index in [0.717, 1.165) is 29.7 Å². The largest absolute Gasteiger partial charge is 0.361 e. The number of nitrogens with one attached hydrogen (secondary N) is 3. The molecule has 2 aromatic carbocycles. The average molecular weight is 307 g/mol. The number of fused-ring (bicyclic) bond motifs is 1. The second-order valence-corrected chi connectivity index (χ2v) is 5.65. The second-order valence-electron chi connectivity index (χ2n) is 5.65. The van der Waals surface area contributed by atoms with Crippen LogP contribution in [0.3, 0.4) is 0 Å². The van der Waals surface area contributed by atoms with Crippen LogP contribution in [0.15, 0.2) is 54.7 Å². The van der Waals surface area contributed by atoms with E-state index in [1.165, 1.54) is 10.9 Å². The van der Waals surface area contributed by atoms with Crippen molar-refractivity contribution in [2.75, 3.05) is 18.4 Å². The number of carbonyl (C=O) groups excluding carboxylic acids is 1. The monoisotopic (exact) mass is 307 g/mol. The molecule has 0 aliphatic heterocycles. The van der Waals surface area contributed by atoms with Crippen molar-refractivity contribution in [2.45, 2.75) is 13.3 Å². The van der Waals surface area contributed by atoms with Gasteiger partial charge in [0.05, 0.1) is 6.54 Å². The van der Waals surface area contributed by atoms with Crippen molar-refractivity contribution >= 4 is 22.5 Å². The Labute approximate surface area is 135 Å². The number of carbonyl (C=O) groups is 1. The Hall–Kier alpha value is -2.59. The standard InChI is InChI=1S/C19H21N3O/c1-14-6-2-4-8-17(14)22-19(23)13-20-11-10-15-12-21-18-9-5-3-7-16(15)18/h2-9,12,20-21H,10-11,13H2,1H3,(H,22,23). The predicted molar refractivity (Wildman–Crippen MR) is 94.7 cm³/mol. The number of aryl methyl sites for hydroxylation is 1. The number of H-pyrrole nitrogens is 1. The lowest BCUT2D eigenvalue weighted by Crippen LogP contribution is -2.29. The van der Waals surface area contributed by atoms with Gasteiger partial charge in [0, 0.05) is 22.8 Å². The van der Waals surface area contributed by atoms with Crippen molar-refractivity contribution in [1.82, 2.24) is 10.3 Å². The van der Waals surface area contributed by atoms with Crippen LogP contribution >= 0.6 is 0 Å². The van der Waals surface area contributed by atoms with E-state index < -0.39 is 0 Å². The van der Waals surface area contributed by atoms with Crippen molar-refractivity contribution in [3.05, 3.63) is 65.9 Å². The van der Waals surface area contributed by atoms with Gasteiger partial charge >= 0.3 is 0 Å². The summed E-state index contributed by atoms with van der Waals surface area (Å²) >= 11 is 0. The number of hydrogen-bond donors (Lipinski definition) is 3. The number of para-hydroxylation sites is 2. The van der Waals surface area contributed by atoms with Crippen molar-refractivity contribution in [3.8, 4) is 0 Å². The van der Waals surface area contributed by atoms with E-state index in [4.69, 9.17) is 0 Å². The summed E-state index contributed by atoms with van der Waals surface area (Å²) in [5.41, 5.74) is 4.36. The number of aromatic nitrogens is 1. The molecule has 4 heteroatoms. The summed E-state index contributed by atoms with van der Waals surface area (Å²) in [6, 6.07) is 16.0. The quantitative estimate of drug-likeness (QED) is 0.612. The Bertz CT molecular complexity index is 807. The lowest BCUT2D eigenvalue weighted by Gasteiger charge is -2.08. The van der Waals surface area contributed by atoms with Gasteiger partial charge in [-0.25, -0.2) is 0 Å². The molecular weight excluding hydrogens is 286 g/mol. The zero-order valence-corrected chi connectivity index (χ0v) is 13.2. The molecule has 0 bridgehead atoms. The van der Waals surface area contributed by atoms with Gasteiger partial charge in [-0.1, -0.05) is 36.4 Å². The third kappa shape index (κ3) is 3.79. The maximum absolute atomic E-state index is 12.0. The molecule has 118 valence electrons. The SMILES string of the molecule is Cc1ccccc1NC(=O)CNCCc1c[nH]c2ccccc12. The van der Waals surface area contributed by atoms with E-state index in [-0.39, 0.29) is 5.91 Å². The van der Waals surface area contributed by atoms with Crippen LogP contribution in [0.4, 0.5) is 5.69 Å². The Kier molecular flexibility index (Phi) is 4.74. The highest BCUT2D eigenvalue weighted by atomic mass is 16.1. The fraction of sp³-hybridized carbons (Fsp3) is 0.211. The van der Waals surface area contributed by atoms with E-state index in [1.54, 1.807) is 0 Å². The molecule has 1 heterocycles. The molecule has 0 saturated carbocycles. The molecule has 1 aromatic heterocycles. The minimum Gasteiger partial charge on any atom is -0.361 e. The molecule has 4 nitrogen and oxygen atoms in total. The van der Waals surface area contributed by atoms with Gasteiger partial charge in [0.15, 0.2) is 0 Å². The van der Waals surface area contributed by atoms with Gasteiger partial charge in [-0.3, -0.25) is 4.79 Å². The van der Waals surface area contributed by atoms with Gasteiger partial charge in [0.2, 0.25) is 5.91 Å². The maximum atomic E-state index is 12.0. The molecule has 0 aliphatic carbocycles. The third-order valence-corrected chi connectivity index (χ3v) is 3.95. The first kappa shape index (κ1) is 15.3. The lowest BCUT2D eigenvalue weighted by atomic mass is 10.1. The van der Waals surface area contributed by atoms with Crippen molar-refractivity contribution < 1.29 is 4.79 Å². The van der Waals surface area contributed by atoms with Crippen LogP contribution < -0.4 is 10.6 Å². The summed E-state index contributed by atoms with van der Waals surface area (Å²) in [5.74, 6) is -0.0155. The number of aromatic amines is 1. The summed E-state index contributed by atoms with van der Waals surface area (Å²) in [5, 5.41) is 7.38. The van der Waals surface area contributed by atoms with Crippen LogP contribution in [0.1, 0.15) is 11.1 Å². The maximum Gasteiger partial charge on any atom is 0.238 e. The molecule has 0 unspecified atom stereocenters. The van der Waals surface area contributed by atoms with E-state index in [9.17, 15) is 4.79 Å². The van der Waals surface area contributed by atoms with Crippen LogP contribution in [0.25, 0.3) is 10.9 Å². The summed E-state index contributed by atoms with van der Waals surface area (Å²) in [7, 11) is 0. The molecule has 3 N–H and O–H groups in total. The second kappa shape index (κ2) is 7.11. The fourth-order valence-corrected chi connectivity index (χ4v) is 2.67. The molecule has 0 radical (unpaired) electrons. The molecule has 23 heavy (non-hydrogen) atoms. The van der Waals surface area contributed by atoms with Crippen molar-refractivity contribution in [1.29, 1.82) is 0 Å². The highest BCUT2D eigenvalue weighted by molar-refractivity contribution is 5.92. The molecule has 1 amide bonds. The van der Waals surface area contributed by atoms with Gasteiger partial charge in [-0.2, -0.15) is 0 Å². The highest BCUT2D eigenvalue weighted by Crippen LogP contribution is 2.17. The normalized spacial score (nSPS) is 10.8. The molecule has 0 fully saturated rings. The molecule has 0 aliphatic rings. The van der Waals surface area contributed by atoms with E-state index in [0.29, 0.717) is 6.54 Å². The zero-order valence-electron chi connectivity index (χ0n) is 13.2. The number of rotatable bonds is 6. The molecule has 0 spiro atoms. The van der Waals surface area contributed by atoms with Crippen LogP contribution in [0.5, 0.6) is 0 Å². The number of amides is 1. The van der Waals surface area contributed by atoms with Gasteiger partial charge < -0.3 is 15.6 Å². The smallest absolute Gasteiger partial charge is 0.238 e. The summed E-state index contributed by atoms with van der Waals surface area (Å²) < 4.78 is 0. The van der Waals surface area contributed by atoms with Gasteiger partial charge in [-0.15, -0.1) is 0 Å². The summed E-state index contributed by atoms with van der Waals surface area (Å²) in [6.07, 6.45) is 2.93. The Balaban J connectivity index is 1.46. The first-order valence-corrected chi connectivity index (χ1v) is 7.85. The Morgan fingerprint density at radius 2 is 1.87 bits per heavy atom. The first-order valence-electron chi connectivity index (χ1n) is 7.85. The van der Waals surface area contributed by atoms with Crippen molar-refractivity contribution in [2.24, 2.45) is 0 Å². The summed E-state index contributed by atoms with van der Waals surface area (Å²) in [6.45, 7) is 3.07. The Morgan fingerprint density at radius 1 is 1.09 bits per heavy atom. The number of anilines is 1.